The van der Waals surface area contributed by atoms with Gasteiger partial charge in [-0.15, -0.1) is 0 Å². The lowest BCUT2D eigenvalue weighted by molar-refractivity contribution is 0.00634. The number of aromatic nitrogens is 2. The van der Waals surface area contributed by atoms with Crippen molar-refractivity contribution in [3.8, 4) is 11.5 Å². The first-order valence-corrected chi connectivity index (χ1v) is 14.9. The first-order chi connectivity index (χ1) is 21.0. The quantitative estimate of drug-likeness (QED) is 0.198. The number of carbonyl (C=O) groups excluding carboxylic acids is 2. The van der Waals surface area contributed by atoms with Crippen LogP contribution in [0.1, 0.15) is 81.8 Å². The van der Waals surface area contributed by atoms with E-state index in [0.29, 0.717) is 39.1 Å². The molecule has 234 valence electrons. The van der Waals surface area contributed by atoms with Gasteiger partial charge in [0.05, 0.1) is 28.3 Å². The molecule has 0 aliphatic carbocycles. The third kappa shape index (κ3) is 6.77. The van der Waals surface area contributed by atoms with Gasteiger partial charge in [-0.3, -0.25) is 4.79 Å². The molecule has 0 aliphatic rings. The van der Waals surface area contributed by atoms with Crippen molar-refractivity contribution < 1.29 is 23.5 Å². The molecule has 9 nitrogen and oxygen atoms in total. The van der Waals surface area contributed by atoms with Gasteiger partial charge in [0.25, 0.3) is 0 Å². The first-order valence-electron chi connectivity index (χ1n) is 14.9. The summed E-state index contributed by atoms with van der Waals surface area (Å²) in [5.74, 6) is -0.322. The number of benzene rings is 2. The number of para-hydroxylation sites is 1. The Balaban J connectivity index is 1.64. The molecule has 0 bridgehead atoms. The third-order valence-corrected chi connectivity index (χ3v) is 7.01. The lowest BCUT2D eigenvalue weighted by Crippen LogP contribution is -2.27. The normalized spacial score (nSPS) is 12.7. The van der Waals surface area contributed by atoms with Crippen LogP contribution in [-0.4, -0.2) is 32.8 Å². The van der Waals surface area contributed by atoms with E-state index in [9.17, 15) is 14.4 Å². The maximum Gasteiger partial charge on any atom is 0.419 e. The highest BCUT2D eigenvalue weighted by molar-refractivity contribution is 5.96. The van der Waals surface area contributed by atoms with E-state index in [0.717, 1.165) is 10.9 Å². The monoisotopic (exact) mass is 609 g/mol. The van der Waals surface area contributed by atoms with Crippen molar-refractivity contribution in [1.29, 1.82) is 0 Å². The van der Waals surface area contributed by atoms with Crippen LogP contribution in [0.15, 0.2) is 69.9 Å². The fourth-order valence-electron chi connectivity index (χ4n) is 5.19. The molecule has 0 spiro atoms. The van der Waals surface area contributed by atoms with Gasteiger partial charge in [-0.05, 0) is 98.2 Å². The number of fused-ring (bicyclic) bond motifs is 2. The average Bonchev–Trinajstić information content (AvgIpc) is 3.32. The molecule has 0 aliphatic heterocycles. The number of esters is 1. The number of hydrogen-bond donors (Lipinski definition) is 1. The van der Waals surface area contributed by atoms with Crippen LogP contribution in [-0.2, 0) is 9.47 Å². The fraction of sp³-hybridized carbons (Fsp3) is 0.333. The number of ether oxygens (including phenoxy) is 2. The summed E-state index contributed by atoms with van der Waals surface area (Å²) in [6.45, 7) is 16.4. The molecule has 5 aromatic rings. The zero-order valence-corrected chi connectivity index (χ0v) is 27.2. The van der Waals surface area contributed by atoms with Crippen molar-refractivity contribution in [2.75, 3.05) is 5.32 Å². The molecule has 1 unspecified atom stereocenters. The second kappa shape index (κ2) is 11.5. The van der Waals surface area contributed by atoms with Gasteiger partial charge in [0.2, 0.25) is 0 Å². The predicted molar refractivity (Wildman–Crippen MR) is 176 cm³/mol. The van der Waals surface area contributed by atoms with Crippen molar-refractivity contribution in [2.45, 2.75) is 79.6 Å². The molecule has 1 atom stereocenters. The Morgan fingerprint density at radius 1 is 0.911 bits per heavy atom. The molecule has 0 fully saturated rings. The Morgan fingerprint density at radius 3 is 2.29 bits per heavy atom. The van der Waals surface area contributed by atoms with Gasteiger partial charge in [0, 0.05) is 22.7 Å². The van der Waals surface area contributed by atoms with E-state index < -0.39 is 29.3 Å². The molecule has 3 heterocycles. The summed E-state index contributed by atoms with van der Waals surface area (Å²) in [5, 5.41) is 4.58. The largest absolute Gasteiger partial charge is 0.455 e. The van der Waals surface area contributed by atoms with Gasteiger partial charge in [0.15, 0.2) is 16.9 Å². The minimum atomic E-state index is -0.737. The van der Waals surface area contributed by atoms with Crippen LogP contribution >= 0.6 is 0 Å². The predicted octanol–water partition coefficient (Wildman–Crippen LogP) is 8.34. The Kier molecular flexibility index (Phi) is 8.08. The summed E-state index contributed by atoms with van der Waals surface area (Å²) >= 11 is 0. The van der Waals surface area contributed by atoms with Crippen molar-refractivity contribution in [3.05, 3.63) is 93.4 Å². The summed E-state index contributed by atoms with van der Waals surface area (Å²) in [7, 11) is 0. The topological polar surface area (TPSA) is 113 Å². The smallest absolute Gasteiger partial charge is 0.419 e. The second-order valence-electron chi connectivity index (χ2n) is 13.3. The standard InChI is InChI=1S/C36H39N3O6/c1-20-16-24(22(3)38-26-15-14-21(2)37-31(26)33(41)44-35(4,5)6)32-25(17-20)29(40)19-30(43-32)28-18-23-12-10-11-13-27(23)39(28)34(42)45-36(7,8)9/h10-19,22,38H,1-9H3. The van der Waals surface area contributed by atoms with Crippen LogP contribution in [0.3, 0.4) is 0 Å². The van der Waals surface area contributed by atoms with Crippen LogP contribution in [0.5, 0.6) is 0 Å². The van der Waals surface area contributed by atoms with Crippen LogP contribution in [0, 0.1) is 13.8 Å². The second-order valence-corrected chi connectivity index (χ2v) is 13.3. The van der Waals surface area contributed by atoms with Gasteiger partial charge in [-0.1, -0.05) is 24.3 Å². The molecule has 3 aromatic heterocycles. The number of carbonyl (C=O) groups is 2. The molecule has 5 rings (SSSR count). The van der Waals surface area contributed by atoms with Crippen LogP contribution in [0.2, 0.25) is 0 Å². The van der Waals surface area contributed by atoms with Crippen LogP contribution in [0.25, 0.3) is 33.3 Å². The number of nitrogens with zero attached hydrogens (tertiary/aromatic N) is 2. The first kappa shape index (κ1) is 31.5. The van der Waals surface area contributed by atoms with Gasteiger partial charge < -0.3 is 19.2 Å². The molecule has 0 amide bonds. The Bertz CT molecular complexity index is 2010. The summed E-state index contributed by atoms with van der Waals surface area (Å²) < 4.78 is 19.3. The Morgan fingerprint density at radius 2 is 1.60 bits per heavy atom. The average molecular weight is 610 g/mol. The van der Waals surface area contributed by atoms with Crippen molar-refractivity contribution in [3.63, 3.8) is 0 Å². The zero-order chi connectivity index (χ0) is 32.8. The maximum absolute atomic E-state index is 13.6. The summed E-state index contributed by atoms with van der Waals surface area (Å²) in [4.78, 5) is 44.6. The van der Waals surface area contributed by atoms with Crippen molar-refractivity contribution in [2.24, 2.45) is 0 Å². The molecule has 2 aromatic carbocycles. The molecular weight excluding hydrogens is 570 g/mol. The number of nitrogens with one attached hydrogen (secondary N) is 1. The van der Waals surface area contributed by atoms with Gasteiger partial charge in [-0.25, -0.2) is 19.1 Å². The molecule has 0 saturated heterocycles. The van der Waals surface area contributed by atoms with Gasteiger partial charge in [-0.2, -0.15) is 0 Å². The van der Waals surface area contributed by atoms with E-state index >= 15 is 0 Å². The molecular formula is C36H39N3O6. The zero-order valence-electron chi connectivity index (χ0n) is 27.2. The highest BCUT2D eigenvalue weighted by Gasteiger charge is 2.26. The fourth-order valence-corrected chi connectivity index (χ4v) is 5.19. The lowest BCUT2D eigenvalue weighted by Gasteiger charge is -2.22. The molecule has 0 radical (unpaired) electrons. The maximum atomic E-state index is 13.6. The summed E-state index contributed by atoms with van der Waals surface area (Å²) in [6.07, 6.45) is -0.581. The van der Waals surface area contributed by atoms with E-state index in [4.69, 9.17) is 13.9 Å². The van der Waals surface area contributed by atoms with E-state index in [1.807, 2.05) is 63.2 Å². The van der Waals surface area contributed by atoms with Crippen LogP contribution < -0.4 is 10.7 Å². The number of hydrogen-bond acceptors (Lipinski definition) is 8. The van der Waals surface area contributed by atoms with Crippen molar-refractivity contribution in [1.82, 2.24) is 9.55 Å². The van der Waals surface area contributed by atoms with Crippen molar-refractivity contribution >= 4 is 39.6 Å². The van der Waals surface area contributed by atoms with E-state index in [1.54, 1.807) is 53.7 Å². The number of pyridine rings is 1. The third-order valence-electron chi connectivity index (χ3n) is 7.01. The van der Waals surface area contributed by atoms with Crippen LogP contribution in [0.4, 0.5) is 10.5 Å². The molecule has 45 heavy (non-hydrogen) atoms. The lowest BCUT2D eigenvalue weighted by atomic mass is 10.0. The van der Waals surface area contributed by atoms with E-state index in [2.05, 4.69) is 10.3 Å². The highest BCUT2D eigenvalue weighted by atomic mass is 16.6. The Labute approximate surface area is 262 Å². The number of aryl methyl sites for hydroxylation is 2. The molecule has 9 heteroatoms. The highest BCUT2D eigenvalue weighted by Crippen LogP contribution is 2.34. The summed E-state index contributed by atoms with van der Waals surface area (Å²) in [5.41, 5.74) is 2.58. The summed E-state index contributed by atoms with van der Waals surface area (Å²) in [6, 6.07) is 17.5. The Hall–Kier alpha value is -4.92. The molecule has 1 N–H and O–H groups in total. The number of rotatable bonds is 5. The number of anilines is 1. The molecule has 0 saturated carbocycles. The van der Waals surface area contributed by atoms with Gasteiger partial charge in [0.1, 0.15) is 16.8 Å². The SMILES string of the molecule is Cc1cc(C(C)Nc2ccc(C)nc2C(=O)OC(C)(C)C)c2oc(-c3cc4ccccc4n3C(=O)OC(C)(C)C)cc(=O)c2c1. The van der Waals surface area contributed by atoms with E-state index in [-0.39, 0.29) is 16.9 Å². The minimum absolute atomic E-state index is 0.165. The van der Waals surface area contributed by atoms with Gasteiger partial charge >= 0.3 is 12.1 Å². The van der Waals surface area contributed by atoms with E-state index in [1.165, 1.54) is 10.6 Å². The minimum Gasteiger partial charge on any atom is -0.455 e.